The molecule has 0 atom stereocenters. The highest BCUT2D eigenvalue weighted by Crippen LogP contribution is 2.29. The predicted octanol–water partition coefficient (Wildman–Crippen LogP) is 5.15. The van der Waals surface area contributed by atoms with Crippen molar-refractivity contribution in [2.45, 2.75) is 45.1 Å². The van der Waals surface area contributed by atoms with Gasteiger partial charge in [-0.25, -0.2) is 0 Å². The van der Waals surface area contributed by atoms with E-state index in [9.17, 15) is 4.79 Å². The third kappa shape index (κ3) is 8.49. The largest absolute Gasteiger partial charge is 0.496 e. The Kier molecular flexibility index (Phi) is 11.0. The molecule has 0 aliphatic carbocycles. The summed E-state index contributed by atoms with van der Waals surface area (Å²) in [5.41, 5.74) is 7.86. The zero-order valence-corrected chi connectivity index (χ0v) is 21.0. The lowest BCUT2D eigenvalue weighted by Crippen LogP contribution is -2.39. The average Bonchev–Trinajstić information content (AvgIpc) is 2.86. The molecule has 1 fully saturated rings. The van der Waals surface area contributed by atoms with Crippen LogP contribution in [0.15, 0.2) is 42.5 Å². The van der Waals surface area contributed by atoms with Crippen LogP contribution in [0.3, 0.4) is 0 Å². The number of ether oxygens (including phenoxy) is 2. The van der Waals surface area contributed by atoms with Gasteiger partial charge in [0.1, 0.15) is 5.75 Å². The van der Waals surface area contributed by atoms with Crippen molar-refractivity contribution in [3.63, 3.8) is 0 Å². The number of rotatable bonds is 13. The van der Waals surface area contributed by atoms with Crippen LogP contribution in [0.4, 0.5) is 5.69 Å². The van der Waals surface area contributed by atoms with Crippen molar-refractivity contribution in [3.05, 3.63) is 58.6 Å². The monoisotopic (exact) mass is 487 g/mol. The number of hydrogen-bond acceptors (Lipinski definition) is 5. The third-order valence-electron chi connectivity index (χ3n) is 6.45. The van der Waals surface area contributed by atoms with Crippen LogP contribution in [0.5, 0.6) is 5.75 Å². The van der Waals surface area contributed by atoms with Gasteiger partial charge in [0.25, 0.3) is 5.91 Å². The molecule has 34 heavy (non-hydrogen) atoms. The Morgan fingerprint density at radius 1 is 1.12 bits per heavy atom. The Hall–Kier alpha value is -2.28. The van der Waals surface area contributed by atoms with E-state index in [1.165, 1.54) is 31.9 Å². The normalized spacial score (nSPS) is 14.8. The Balaban J connectivity index is 1.23. The van der Waals surface area contributed by atoms with Gasteiger partial charge in [0.15, 0.2) is 0 Å². The number of nitrogens with two attached hydrogens (primary N) is 1. The smallest absolute Gasteiger partial charge is 0.255 e. The molecule has 1 amide bonds. The maximum atomic E-state index is 12.6. The van der Waals surface area contributed by atoms with Gasteiger partial charge in [0.2, 0.25) is 0 Å². The predicted molar refractivity (Wildman–Crippen MR) is 138 cm³/mol. The lowest BCUT2D eigenvalue weighted by molar-refractivity contribution is 0.0933. The summed E-state index contributed by atoms with van der Waals surface area (Å²) >= 11 is 6.09. The van der Waals surface area contributed by atoms with Gasteiger partial charge in [0, 0.05) is 19.2 Å². The molecule has 186 valence electrons. The Morgan fingerprint density at radius 2 is 1.85 bits per heavy atom. The van der Waals surface area contributed by atoms with E-state index in [4.69, 9.17) is 26.8 Å². The molecular formula is C27H38ClN3O3. The molecule has 2 aromatic carbocycles. The molecule has 0 spiro atoms. The van der Waals surface area contributed by atoms with Crippen molar-refractivity contribution in [2.24, 2.45) is 5.92 Å². The fourth-order valence-electron chi connectivity index (χ4n) is 4.32. The lowest BCUT2D eigenvalue weighted by Gasteiger charge is -2.32. The first-order valence-corrected chi connectivity index (χ1v) is 12.7. The molecule has 3 rings (SSSR count). The number of halogens is 1. The molecule has 1 aliphatic rings. The van der Waals surface area contributed by atoms with Crippen LogP contribution in [-0.4, -0.2) is 50.7 Å². The van der Waals surface area contributed by atoms with E-state index in [1.54, 1.807) is 12.1 Å². The van der Waals surface area contributed by atoms with Crippen LogP contribution in [0, 0.1) is 5.92 Å². The molecule has 0 aromatic heterocycles. The number of likely N-dealkylation sites (tertiary alicyclic amines) is 1. The molecule has 1 aliphatic heterocycles. The quantitative estimate of drug-likeness (QED) is 0.302. The van der Waals surface area contributed by atoms with Crippen molar-refractivity contribution >= 4 is 23.2 Å². The van der Waals surface area contributed by atoms with E-state index >= 15 is 0 Å². The fraction of sp³-hybridized carbons (Fsp3) is 0.519. The van der Waals surface area contributed by atoms with Crippen LogP contribution < -0.4 is 15.8 Å². The van der Waals surface area contributed by atoms with Gasteiger partial charge in [0.05, 0.1) is 30.0 Å². The van der Waals surface area contributed by atoms with Gasteiger partial charge < -0.3 is 25.4 Å². The summed E-state index contributed by atoms with van der Waals surface area (Å²) in [6.45, 7) is 5.55. The second kappa shape index (κ2) is 14.2. The molecule has 0 saturated carbocycles. The maximum Gasteiger partial charge on any atom is 0.255 e. The Bertz CT molecular complexity index is 886. The van der Waals surface area contributed by atoms with Crippen LogP contribution in [0.1, 0.15) is 54.4 Å². The number of anilines is 1. The Morgan fingerprint density at radius 3 is 2.59 bits per heavy atom. The highest BCUT2D eigenvalue weighted by atomic mass is 35.5. The number of nitrogen functional groups attached to an aromatic ring is 1. The number of piperidine rings is 1. The molecule has 0 radical (unpaired) electrons. The molecule has 1 heterocycles. The summed E-state index contributed by atoms with van der Waals surface area (Å²) in [6, 6.07) is 13.5. The summed E-state index contributed by atoms with van der Waals surface area (Å²) in [5.74, 6) is 0.767. The number of carbonyl (C=O) groups is 1. The van der Waals surface area contributed by atoms with Crippen molar-refractivity contribution in [2.75, 3.05) is 45.6 Å². The third-order valence-corrected chi connectivity index (χ3v) is 6.77. The Labute approximate surface area is 208 Å². The average molecular weight is 488 g/mol. The molecule has 6 nitrogen and oxygen atoms in total. The zero-order valence-electron chi connectivity index (χ0n) is 20.2. The molecule has 0 bridgehead atoms. The van der Waals surface area contributed by atoms with E-state index in [2.05, 4.69) is 22.3 Å². The molecule has 7 heteroatoms. The summed E-state index contributed by atoms with van der Waals surface area (Å²) in [5, 5.41) is 3.40. The second-order valence-corrected chi connectivity index (χ2v) is 9.43. The first kappa shape index (κ1) is 26.3. The van der Waals surface area contributed by atoms with Gasteiger partial charge in [-0.3, -0.25) is 4.79 Å². The lowest BCUT2D eigenvalue weighted by atomic mass is 9.96. The molecular weight excluding hydrogens is 450 g/mol. The fourth-order valence-corrected chi connectivity index (χ4v) is 4.48. The highest BCUT2D eigenvalue weighted by Gasteiger charge is 2.21. The minimum absolute atomic E-state index is 0.172. The highest BCUT2D eigenvalue weighted by molar-refractivity contribution is 6.33. The van der Waals surface area contributed by atoms with E-state index in [0.29, 0.717) is 41.1 Å². The zero-order chi connectivity index (χ0) is 24.2. The summed E-state index contributed by atoms with van der Waals surface area (Å²) < 4.78 is 11.0. The molecule has 0 unspecified atom stereocenters. The minimum Gasteiger partial charge on any atom is -0.496 e. The minimum atomic E-state index is -0.172. The van der Waals surface area contributed by atoms with E-state index in [0.717, 1.165) is 45.5 Å². The molecule has 2 aromatic rings. The number of methoxy groups -OCH3 is 1. The van der Waals surface area contributed by atoms with Crippen molar-refractivity contribution in [3.8, 4) is 5.75 Å². The van der Waals surface area contributed by atoms with Crippen LogP contribution in [-0.2, 0) is 11.3 Å². The first-order chi connectivity index (χ1) is 16.6. The number of nitrogens with one attached hydrogen (secondary N) is 1. The number of benzene rings is 2. The number of unbranched alkanes of at least 4 members (excludes halogenated alkanes) is 3. The summed E-state index contributed by atoms with van der Waals surface area (Å²) in [7, 11) is 1.52. The van der Waals surface area contributed by atoms with Crippen molar-refractivity contribution in [1.29, 1.82) is 0 Å². The number of carbonyl (C=O) groups excluding carboxylic acids is 1. The number of hydrogen-bond donors (Lipinski definition) is 2. The number of nitrogens with zero attached hydrogens (tertiary/aromatic N) is 1. The molecule has 3 N–H and O–H groups in total. The maximum absolute atomic E-state index is 12.6. The summed E-state index contributed by atoms with van der Waals surface area (Å²) in [6.07, 6.45) is 7.03. The van der Waals surface area contributed by atoms with E-state index < -0.39 is 0 Å². The standard InChI is InChI=1S/C27H38ClN3O3/c1-33-26-18-25(29)24(28)17-23(26)27(32)30-19-21-11-14-31(15-12-21)13-7-2-3-8-16-34-20-22-9-5-4-6-10-22/h4-6,9-10,17-18,21H,2-3,7-8,11-16,19-20,29H2,1H3,(H,30,32). The second-order valence-electron chi connectivity index (χ2n) is 9.02. The van der Waals surface area contributed by atoms with Crippen molar-refractivity contribution in [1.82, 2.24) is 10.2 Å². The van der Waals surface area contributed by atoms with Gasteiger partial charge in [-0.15, -0.1) is 0 Å². The van der Waals surface area contributed by atoms with E-state index in [-0.39, 0.29) is 5.91 Å². The first-order valence-electron chi connectivity index (χ1n) is 12.3. The summed E-state index contributed by atoms with van der Waals surface area (Å²) in [4.78, 5) is 15.2. The van der Waals surface area contributed by atoms with Gasteiger partial charge in [-0.2, -0.15) is 0 Å². The number of amides is 1. The van der Waals surface area contributed by atoms with E-state index in [1.807, 2.05) is 18.2 Å². The topological polar surface area (TPSA) is 76.8 Å². The van der Waals surface area contributed by atoms with Gasteiger partial charge in [-0.1, -0.05) is 54.8 Å². The van der Waals surface area contributed by atoms with Crippen LogP contribution in [0.2, 0.25) is 5.02 Å². The SMILES string of the molecule is COc1cc(N)c(Cl)cc1C(=O)NCC1CCN(CCCCCCOCc2ccccc2)CC1. The molecule has 1 saturated heterocycles. The van der Waals surface area contributed by atoms with Crippen LogP contribution >= 0.6 is 11.6 Å². The van der Waals surface area contributed by atoms with Gasteiger partial charge >= 0.3 is 0 Å². The van der Waals surface area contributed by atoms with Gasteiger partial charge in [-0.05, 0) is 62.9 Å². The van der Waals surface area contributed by atoms with Crippen molar-refractivity contribution < 1.29 is 14.3 Å². The van der Waals surface area contributed by atoms with Crippen LogP contribution in [0.25, 0.3) is 0 Å².